The average molecular weight is 286 g/mol. The fraction of sp³-hybridized carbons (Fsp3) is 0.385. The highest BCUT2D eigenvalue weighted by Crippen LogP contribution is 2.28. The van der Waals surface area contributed by atoms with E-state index in [0.717, 1.165) is 0 Å². The van der Waals surface area contributed by atoms with E-state index in [1.165, 1.54) is 14.2 Å². The molecule has 104 valence electrons. The SMILES string of the molecule is CCC(NC(=O)c1c(OC)cccc1OC)C(=O)Cl. The fourth-order valence-electron chi connectivity index (χ4n) is 1.62. The van der Waals surface area contributed by atoms with Crippen molar-refractivity contribution >= 4 is 22.8 Å². The number of ether oxygens (including phenoxy) is 2. The Labute approximate surface area is 116 Å². The number of carbonyl (C=O) groups excluding carboxylic acids is 2. The summed E-state index contributed by atoms with van der Waals surface area (Å²) >= 11 is 5.41. The number of halogens is 1. The maximum atomic E-state index is 12.2. The first kappa shape index (κ1) is 15.3. The Bertz CT molecular complexity index is 453. The Balaban J connectivity index is 3.07. The van der Waals surface area contributed by atoms with Gasteiger partial charge in [-0.05, 0) is 30.2 Å². The molecule has 0 aliphatic rings. The topological polar surface area (TPSA) is 64.6 Å². The van der Waals surface area contributed by atoms with Gasteiger partial charge in [-0.25, -0.2) is 0 Å². The molecule has 19 heavy (non-hydrogen) atoms. The van der Waals surface area contributed by atoms with Crippen LogP contribution in [0.2, 0.25) is 0 Å². The molecule has 0 radical (unpaired) electrons. The zero-order valence-electron chi connectivity index (χ0n) is 11.0. The number of benzene rings is 1. The van der Waals surface area contributed by atoms with Gasteiger partial charge in [-0.15, -0.1) is 0 Å². The normalized spacial score (nSPS) is 11.6. The number of methoxy groups -OCH3 is 2. The van der Waals surface area contributed by atoms with E-state index in [2.05, 4.69) is 5.32 Å². The van der Waals surface area contributed by atoms with Gasteiger partial charge in [-0.1, -0.05) is 13.0 Å². The first-order valence-electron chi connectivity index (χ1n) is 5.76. The summed E-state index contributed by atoms with van der Waals surface area (Å²) in [5.74, 6) is 0.276. The zero-order valence-corrected chi connectivity index (χ0v) is 11.8. The standard InChI is InChI=1S/C13H16ClNO4/c1-4-8(12(14)16)15-13(17)11-9(18-2)6-5-7-10(11)19-3/h5-8H,4H2,1-3H3,(H,15,17). The quantitative estimate of drug-likeness (QED) is 0.812. The maximum Gasteiger partial charge on any atom is 0.259 e. The first-order chi connectivity index (χ1) is 9.04. The molecule has 0 aromatic heterocycles. The van der Waals surface area contributed by atoms with Gasteiger partial charge in [0.15, 0.2) is 0 Å². The molecule has 0 aliphatic heterocycles. The van der Waals surface area contributed by atoms with Crippen molar-refractivity contribution in [3.8, 4) is 11.5 Å². The summed E-state index contributed by atoms with van der Waals surface area (Å²) in [4.78, 5) is 23.3. The highest BCUT2D eigenvalue weighted by molar-refractivity contribution is 6.64. The number of nitrogens with one attached hydrogen (secondary N) is 1. The van der Waals surface area contributed by atoms with E-state index in [4.69, 9.17) is 21.1 Å². The predicted molar refractivity (Wildman–Crippen MR) is 72.0 cm³/mol. The highest BCUT2D eigenvalue weighted by atomic mass is 35.5. The molecule has 1 N–H and O–H groups in total. The average Bonchev–Trinajstić information content (AvgIpc) is 2.42. The Hall–Kier alpha value is -1.75. The van der Waals surface area contributed by atoms with E-state index in [-0.39, 0.29) is 5.56 Å². The summed E-state index contributed by atoms with van der Waals surface area (Å²) in [6.45, 7) is 1.75. The molecule has 1 aromatic carbocycles. The lowest BCUT2D eigenvalue weighted by Gasteiger charge is -2.16. The van der Waals surface area contributed by atoms with Crippen molar-refractivity contribution in [3.05, 3.63) is 23.8 Å². The van der Waals surface area contributed by atoms with Crippen LogP contribution in [0.25, 0.3) is 0 Å². The van der Waals surface area contributed by atoms with Gasteiger partial charge in [-0.2, -0.15) is 0 Å². The van der Waals surface area contributed by atoms with E-state index < -0.39 is 17.2 Å². The predicted octanol–water partition coefficient (Wildman–Crippen LogP) is 1.98. The van der Waals surface area contributed by atoms with Gasteiger partial charge in [-0.3, -0.25) is 9.59 Å². The molecule has 0 saturated carbocycles. The molecular weight excluding hydrogens is 270 g/mol. The van der Waals surface area contributed by atoms with Crippen molar-refractivity contribution in [2.45, 2.75) is 19.4 Å². The number of carbonyl (C=O) groups is 2. The molecule has 0 aliphatic carbocycles. The van der Waals surface area contributed by atoms with E-state index in [0.29, 0.717) is 17.9 Å². The Morgan fingerprint density at radius 3 is 2.16 bits per heavy atom. The molecule has 0 spiro atoms. The van der Waals surface area contributed by atoms with Gasteiger partial charge in [0, 0.05) is 0 Å². The van der Waals surface area contributed by atoms with Crippen LogP contribution in [-0.2, 0) is 4.79 Å². The van der Waals surface area contributed by atoms with Gasteiger partial charge in [0.05, 0.1) is 14.2 Å². The van der Waals surface area contributed by atoms with Gasteiger partial charge >= 0.3 is 0 Å². The van der Waals surface area contributed by atoms with Crippen LogP contribution in [-0.4, -0.2) is 31.4 Å². The molecule has 1 unspecified atom stereocenters. The third kappa shape index (κ3) is 3.61. The summed E-state index contributed by atoms with van der Waals surface area (Å²) < 4.78 is 10.3. The minimum absolute atomic E-state index is 0.240. The highest BCUT2D eigenvalue weighted by Gasteiger charge is 2.23. The van der Waals surface area contributed by atoms with Crippen LogP contribution in [0.15, 0.2) is 18.2 Å². The van der Waals surface area contributed by atoms with Crippen LogP contribution >= 0.6 is 11.6 Å². The Morgan fingerprint density at radius 2 is 1.79 bits per heavy atom. The van der Waals surface area contributed by atoms with Crippen LogP contribution in [0.5, 0.6) is 11.5 Å². The second-order valence-corrected chi connectivity index (χ2v) is 4.15. The van der Waals surface area contributed by atoms with E-state index in [1.807, 2.05) is 0 Å². The first-order valence-corrected chi connectivity index (χ1v) is 6.14. The Morgan fingerprint density at radius 1 is 1.26 bits per heavy atom. The largest absolute Gasteiger partial charge is 0.496 e. The van der Waals surface area contributed by atoms with Gasteiger partial charge < -0.3 is 14.8 Å². The van der Waals surface area contributed by atoms with Crippen molar-refractivity contribution in [1.82, 2.24) is 5.32 Å². The third-order valence-corrected chi connectivity index (χ3v) is 2.91. The van der Waals surface area contributed by atoms with Crippen LogP contribution in [0, 0.1) is 0 Å². The minimum atomic E-state index is -0.733. The van der Waals surface area contributed by atoms with Crippen molar-refractivity contribution in [2.24, 2.45) is 0 Å². The number of hydrogen-bond donors (Lipinski definition) is 1. The van der Waals surface area contributed by atoms with Crippen molar-refractivity contribution in [3.63, 3.8) is 0 Å². The van der Waals surface area contributed by atoms with E-state index >= 15 is 0 Å². The number of rotatable bonds is 6. The molecule has 5 nitrogen and oxygen atoms in total. The second kappa shape index (κ2) is 6.99. The van der Waals surface area contributed by atoms with Crippen LogP contribution in [0.1, 0.15) is 23.7 Å². The molecule has 0 heterocycles. The fourth-order valence-corrected chi connectivity index (χ4v) is 1.83. The van der Waals surface area contributed by atoms with Crippen molar-refractivity contribution in [1.29, 1.82) is 0 Å². The molecule has 1 aromatic rings. The van der Waals surface area contributed by atoms with E-state index in [1.54, 1.807) is 25.1 Å². The zero-order chi connectivity index (χ0) is 14.4. The summed E-state index contributed by atoms with van der Waals surface area (Å²) in [7, 11) is 2.91. The lowest BCUT2D eigenvalue weighted by molar-refractivity contribution is -0.113. The number of amides is 1. The van der Waals surface area contributed by atoms with Crippen LogP contribution in [0.4, 0.5) is 0 Å². The van der Waals surface area contributed by atoms with Crippen LogP contribution in [0.3, 0.4) is 0 Å². The molecular formula is C13H16ClNO4. The molecule has 6 heteroatoms. The summed E-state index contributed by atoms with van der Waals surface area (Å²) in [6.07, 6.45) is 0.408. The van der Waals surface area contributed by atoms with Crippen LogP contribution < -0.4 is 14.8 Å². The van der Waals surface area contributed by atoms with Gasteiger partial charge in [0.2, 0.25) is 5.24 Å². The molecule has 0 saturated heterocycles. The lowest BCUT2D eigenvalue weighted by Crippen LogP contribution is -2.38. The summed E-state index contributed by atoms with van der Waals surface area (Å²) in [6, 6.07) is 4.25. The molecule has 1 atom stereocenters. The maximum absolute atomic E-state index is 12.2. The monoisotopic (exact) mass is 285 g/mol. The van der Waals surface area contributed by atoms with Crippen molar-refractivity contribution in [2.75, 3.05) is 14.2 Å². The smallest absolute Gasteiger partial charge is 0.259 e. The second-order valence-electron chi connectivity index (χ2n) is 3.78. The minimum Gasteiger partial charge on any atom is -0.496 e. The van der Waals surface area contributed by atoms with Crippen molar-refractivity contribution < 1.29 is 19.1 Å². The lowest BCUT2D eigenvalue weighted by atomic mass is 10.1. The summed E-state index contributed by atoms with van der Waals surface area (Å²) in [5.41, 5.74) is 0.240. The number of hydrogen-bond acceptors (Lipinski definition) is 4. The van der Waals surface area contributed by atoms with E-state index in [9.17, 15) is 9.59 Å². The molecule has 1 rings (SSSR count). The van der Waals surface area contributed by atoms with Gasteiger partial charge in [0.1, 0.15) is 23.1 Å². The Kier molecular flexibility index (Phi) is 5.63. The van der Waals surface area contributed by atoms with Gasteiger partial charge in [0.25, 0.3) is 5.91 Å². The summed E-state index contributed by atoms with van der Waals surface area (Å²) in [5, 5.41) is 1.94. The third-order valence-electron chi connectivity index (χ3n) is 2.64. The molecule has 1 amide bonds. The molecule has 0 fully saturated rings. The molecule has 0 bridgehead atoms.